The van der Waals surface area contributed by atoms with Crippen molar-refractivity contribution in [2.45, 2.75) is 5.41 Å². The predicted molar refractivity (Wildman–Crippen MR) is 72.0 cm³/mol. The van der Waals surface area contributed by atoms with E-state index in [0.717, 1.165) is 12.1 Å². The first-order valence-electron chi connectivity index (χ1n) is 5.91. The maximum absolute atomic E-state index is 13.0. The highest BCUT2D eigenvalue weighted by Gasteiger charge is 2.46. The molecule has 0 fully saturated rings. The third-order valence-corrected chi connectivity index (χ3v) is 3.22. The van der Waals surface area contributed by atoms with Crippen molar-refractivity contribution in [1.29, 1.82) is 0 Å². The van der Waals surface area contributed by atoms with Gasteiger partial charge in [-0.2, -0.15) is 0 Å². The largest absolute Gasteiger partial charge is 0.368 e. The Labute approximate surface area is 115 Å². The minimum absolute atomic E-state index is 0.241. The summed E-state index contributed by atoms with van der Waals surface area (Å²) in [4.78, 5) is 24.0. The summed E-state index contributed by atoms with van der Waals surface area (Å²) >= 11 is 0. The van der Waals surface area contributed by atoms with E-state index in [1.54, 1.807) is 30.3 Å². The molecule has 5 heteroatoms. The molecule has 0 atom stereocenters. The second kappa shape index (κ2) is 5.13. The Bertz CT molecular complexity index is 625. The Morgan fingerprint density at radius 2 is 1.25 bits per heavy atom. The number of amides is 2. The number of nitrogens with two attached hydrogens (primary N) is 2. The Hall–Kier alpha value is -2.69. The average Bonchev–Trinajstić information content (AvgIpc) is 2.42. The van der Waals surface area contributed by atoms with Crippen molar-refractivity contribution in [2.24, 2.45) is 11.5 Å². The summed E-state index contributed by atoms with van der Waals surface area (Å²) in [6.07, 6.45) is 0. The second-order valence-corrected chi connectivity index (χ2v) is 4.35. The quantitative estimate of drug-likeness (QED) is 0.816. The van der Waals surface area contributed by atoms with E-state index in [4.69, 9.17) is 11.5 Å². The number of halogens is 1. The topological polar surface area (TPSA) is 86.2 Å². The van der Waals surface area contributed by atoms with Crippen LogP contribution in [0.1, 0.15) is 11.1 Å². The average molecular weight is 272 g/mol. The van der Waals surface area contributed by atoms with E-state index in [-0.39, 0.29) is 5.56 Å². The van der Waals surface area contributed by atoms with Crippen molar-refractivity contribution in [1.82, 2.24) is 0 Å². The molecule has 20 heavy (non-hydrogen) atoms. The van der Waals surface area contributed by atoms with Crippen molar-refractivity contribution >= 4 is 11.8 Å². The fraction of sp³-hybridized carbons (Fsp3) is 0.0667. The van der Waals surface area contributed by atoms with E-state index in [2.05, 4.69) is 0 Å². The first-order chi connectivity index (χ1) is 9.49. The molecule has 0 saturated carbocycles. The predicted octanol–water partition coefficient (Wildman–Crippen LogP) is 1.08. The molecule has 0 aliphatic heterocycles. The van der Waals surface area contributed by atoms with Gasteiger partial charge in [0.05, 0.1) is 0 Å². The minimum Gasteiger partial charge on any atom is -0.368 e. The van der Waals surface area contributed by atoms with Gasteiger partial charge in [-0.3, -0.25) is 9.59 Å². The molecular weight excluding hydrogens is 259 g/mol. The molecule has 2 aromatic rings. The monoisotopic (exact) mass is 272 g/mol. The van der Waals surface area contributed by atoms with Crippen molar-refractivity contribution in [3.05, 3.63) is 71.5 Å². The fourth-order valence-corrected chi connectivity index (χ4v) is 2.25. The van der Waals surface area contributed by atoms with Gasteiger partial charge >= 0.3 is 0 Å². The maximum Gasteiger partial charge on any atom is 0.242 e. The molecule has 0 spiro atoms. The van der Waals surface area contributed by atoms with Crippen molar-refractivity contribution < 1.29 is 14.0 Å². The zero-order valence-corrected chi connectivity index (χ0v) is 10.5. The minimum atomic E-state index is -1.81. The van der Waals surface area contributed by atoms with Crippen LogP contribution in [0.3, 0.4) is 0 Å². The first kappa shape index (κ1) is 13.7. The zero-order chi connectivity index (χ0) is 14.8. The van der Waals surface area contributed by atoms with Gasteiger partial charge in [-0.15, -0.1) is 0 Å². The van der Waals surface area contributed by atoms with Crippen molar-refractivity contribution in [3.8, 4) is 0 Å². The number of hydrogen-bond donors (Lipinski definition) is 2. The summed E-state index contributed by atoms with van der Waals surface area (Å²) in [5.41, 5.74) is 9.67. The highest BCUT2D eigenvalue weighted by Crippen LogP contribution is 2.32. The summed E-state index contributed by atoms with van der Waals surface area (Å²) in [5, 5.41) is 0. The molecule has 2 rings (SSSR count). The molecule has 4 nitrogen and oxygen atoms in total. The van der Waals surface area contributed by atoms with E-state index in [0.29, 0.717) is 5.56 Å². The maximum atomic E-state index is 13.0. The van der Waals surface area contributed by atoms with Crippen LogP contribution in [0.5, 0.6) is 0 Å². The Kier molecular flexibility index (Phi) is 3.52. The van der Waals surface area contributed by atoms with Crippen LogP contribution in [0.4, 0.5) is 4.39 Å². The number of carbonyl (C=O) groups is 2. The summed E-state index contributed by atoms with van der Waals surface area (Å²) in [7, 11) is 0. The molecule has 102 valence electrons. The summed E-state index contributed by atoms with van der Waals surface area (Å²) in [6.45, 7) is 0. The van der Waals surface area contributed by atoms with Gasteiger partial charge in [0.25, 0.3) is 0 Å². The molecule has 0 saturated heterocycles. The SMILES string of the molecule is NC(=O)C(C(N)=O)(c1ccccc1)c1ccc(F)cc1. The second-order valence-electron chi connectivity index (χ2n) is 4.35. The van der Waals surface area contributed by atoms with Gasteiger partial charge in [-0.1, -0.05) is 42.5 Å². The Balaban J connectivity index is 2.75. The molecule has 4 N–H and O–H groups in total. The zero-order valence-electron chi connectivity index (χ0n) is 10.5. The van der Waals surface area contributed by atoms with Crippen molar-refractivity contribution in [3.63, 3.8) is 0 Å². The Morgan fingerprint density at radius 1 is 0.800 bits per heavy atom. The van der Waals surface area contributed by atoms with Crippen LogP contribution in [-0.2, 0) is 15.0 Å². The third-order valence-electron chi connectivity index (χ3n) is 3.22. The van der Waals surface area contributed by atoms with Crippen LogP contribution in [0, 0.1) is 5.82 Å². The van der Waals surface area contributed by atoms with Gasteiger partial charge in [-0.25, -0.2) is 4.39 Å². The van der Waals surface area contributed by atoms with Crippen LogP contribution in [0.15, 0.2) is 54.6 Å². The lowest BCUT2D eigenvalue weighted by Crippen LogP contribution is -2.52. The summed E-state index contributed by atoms with van der Waals surface area (Å²) in [5.74, 6) is -2.28. The number of primary amides is 2. The lowest BCUT2D eigenvalue weighted by molar-refractivity contribution is -0.132. The van der Waals surface area contributed by atoms with E-state index >= 15 is 0 Å². The number of carbonyl (C=O) groups excluding carboxylic acids is 2. The van der Waals surface area contributed by atoms with Gasteiger partial charge in [0.2, 0.25) is 11.8 Å². The van der Waals surface area contributed by atoms with Crippen molar-refractivity contribution in [2.75, 3.05) is 0 Å². The first-order valence-corrected chi connectivity index (χ1v) is 5.91. The third kappa shape index (κ3) is 2.03. The van der Waals surface area contributed by atoms with Crippen LogP contribution in [0.2, 0.25) is 0 Å². The van der Waals surface area contributed by atoms with Gasteiger partial charge in [0, 0.05) is 0 Å². The van der Waals surface area contributed by atoms with Gasteiger partial charge in [0.1, 0.15) is 5.82 Å². The normalized spacial score (nSPS) is 11.1. The molecule has 0 bridgehead atoms. The molecule has 0 aliphatic rings. The highest BCUT2D eigenvalue weighted by atomic mass is 19.1. The fourth-order valence-electron chi connectivity index (χ4n) is 2.25. The molecule has 0 radical (unpaired) electrons. The van der Waals surface area contributed by atoms with Gasteiger partial charge in [-0.05, 0) is 23.3 Å². The van der Waals surface area contributed by atoms with Crippen LogP contribution >= 0.6 is 0 Å². The standard InChI is InChI=1S/C15H13FN2O2/c16-12-8-6-11(7-9-12)15(13(17)19,14(18)20)10-4-2-1-3-5-10/h1-9H,(H2,17,19)(H2,18,20). The number of hydrogen-bond acceptors (Lipinski definition) is 2. The van der Waals surface area contributed by atoms with E-state index in [1.165, 1.54) is 12.1 Å². The summed E-state index contributed by atoms with van der Waals surface area (Å²) < 4.78 is 13.0. The van der Waals surface area contributed by atoms with Gasteiger partial charge < -0.3 is 11.5 Å². The van der Waals surface area contributed by atoms with E-state index < -0.39 is 23.0 Å². The number of benzene rings is 2. The molecule has 0 unspecified atom stereocenters. The number of rotatable bonds is 4. The summed E-state index contributed by atoms with van der Waals surface area (Å²) in [6, 6.07) is 13.2. The van der Waals surface area contributed by atoms with E-state index in [1.807, 2.05) is 0 Å². The lowest BCUT2D eigenvalue weighted by Gasteiger charge is -2.28. The molecule has 0 heterocycles. The highest BCUT2D eigenvalue weighted by molar-refractivity contribution is 6.13. The van der Waals surface area contributed by atoms with Crippen LogP contribution < -0.4 is 11.5 Å². The molecular formula is C15H13FN2O2. The van der Waals surface area contributed by atoms with Crippen LogP contribution in [-0.4, -0.2) is 11.8 Å². The molecule has 0 aliphatic carbocycles. The van der Waals surface area contributed by atoms with Crippen LogP contribution in [0.25, 0.3) is 0 Å². The molecule has 0 aromatic heterocycles. The molecule has 2 aromatic carbocycles. The smallest absolute Gasteiger partial charge is 0.242 e. The van der Waals surface area contributed by atoms with E-state index in [9.17, 15) is 14.0 Å². The Morgan fingerprint density at radius 3 is 1.70 bits per heavy atom. The molecule has 2 amide bonds. The lowest BCUT2D eigenvalue weighted by atomic mass is 9.73. The van der Waals surface area contributed by atoms with Gasteiger partial charge in [0.15, 0.2) is 5.41 Å².